The predicted molar refractivity (Wildman–Crippen MR) is 197 cm³/mol. The highest BCUT2D eigenvalue weighted by molar-refractivity contribution is 7.89. The SMILES string of the molecule is CCC(CCC(C)(O)C(C=CC(C)CC(C)=CC=CC(C)(O)C(NS(=O)(=O)c1ccc(F)c(F)c1)C1OC1C(C)C(CC)OC)OC(C)=O)CC(=O)O. The summed E-state index contributed by atoms with van der Waals surface area (Å²) >= 11 is 0. The molecule has 1 aromatic carbocycles. The molecule has 1 aliphatic rings. The Hall–Kier alpha value is -3.01. The smallest absolute Gasteiger partial charge is 0.303 e. The van der Waals surface area contributed by atoms with Crippen LogP contribution in [0, 0.1) is 29.4 Å². The Morgan fingerprint density at radius 3 is 2.25 bits per heavy atom. The number of allylic oxidation sites excluding steroid dienone is 4. The lowest BCUT2D eigenvalue weighted by Gasteiger charge is -2.31. The van der Waals surface area contributed by atoms with Gasteiger partial charge in [0.25, 0.3) is 0 Å². The maximum absolute atomic E-state index is 14.0. The van der Waals surface area contributed by atoms with Crippen LogP contribution in [0.1, 0.15) is 93.9 Å². The molecule has 0 bridgehead atoms. The van der Waals surface area contributed by atoms with Crippen molar-refractivity contribution >= 4 is 22.0 Å². The molecule has 1 fully saturated rings. The summed E-state index contributed by atoms with van der Waals surface area (Å²) in [5.74, 6) is -4.34. The van der Waals surface area contributed by atoms with Crippen molar-refractivity contribution in [1.29, 1.82) is 0 Å². The number of aliphatic carboxylic acids is 1. The van der Waals surface area contributed by atoms with Gasteiger partial charge in [0.2, 0.25) is 10.0 Å². The minimum absolute atomic E-state index is 0.0114. The quantitative estimate of drug-likeness (QED) is 0.0432. The third kappa shape index (κ3) is 14.3. The van der Waals surface area contributed by atoms with Gasteiger partial charge in [-0.05, 0) is 82.6 Å². The maximum Gasteiger partial charge on any atom is 0.303 e. The summed E-state index contributed by atoms with van der Waals surface area (Å²) in [6.45, 7) is 13.8. The van der Waals surface area contributed by atoms with Gasteiger partial charge in [0, 0.05) is 26.4 Å². The molecule has 0 aromatic heterocycles. The number of carbonyl (C=O) groups excluding carboxylic acids is 1. The van der Waals surface area contributed by atoms with Crippen LogP contribution in [0.2, 0.25) is 0 Å². The summed E-state index contributed by atoms with van der Waals surface area (Å²) in [5.41, 5.74) is -2.34. The maximum atomic E-state index is 14.0. The van der Waals surface area contributed by atoms with E-state index in [4.69, 9.17) is 19.3 Å². The fourth-order valence-electron chi connectivity index (χ4n) is 6.52. The lowest BCUT2D eigenvalue weighted by atomic mass is 9.86. The molecule has 10 unspecified atom stereocenters. The number of methoxy groups -OCH3 is 1. The lowest BCUT2D eigenvalue weighted by molar-refractivity contribution is -0.156. The third-order valence-electron chi connectivity index (χ3n) is 9.89. The van der Waals surface area contributed by atoms with Gasteiger partial charge in [0.1, 0.15) is 17.8 Å². The molecular formula is C39H59F2NO10S. The second kappa shape index (κ2) is 20.1. The average molecular weight is 772 g/mol. The van der Waals surface area contributed by atoms with E-state index in [0.717, 1.165) is 17.7 Å². The first-order chi connectivity index (χ1) is 24.6. The molecule has 0 spiro atoms. The van der Waals surface area contributed by atoms with Crippen LogP contribution in [-0.2, 0) is 33.8 Å². The van der Waals surface area contributed by atoms with Crippen LogP contribution < -0.4 is 4.72 Å². The molecule has 0 saturated carbocycles. The Balaban J connectivity index is 2.25. The Bertz CT molecular complexity index is 1570. The fourth-order valence-corrected chi connectivity index (χ4v) is 7.87. The number of carbonyl (C=O) groups is 2. The topological polar surface area (TPSA) is 172 Å². The highest BCUT2D eigenvalue weighted by Gasteiger charge is 2.55. The van der Waals surface area contributed by atoms with E-state index in [1.54, 1.807) is 32.3 Å². The molecule has 1 aromatic rings. The minimum atomic E-state index is -4.43. The zero-order chi connectivity index (χ0) is 40.3. The molecule has 1 heterocycles. The van der Waals surface area contributed by atoms with Crippen LogP contribution in [-0.4, -0.2) is 84.4 Å². The van der Waals surface area contributed by atoms with Crippen molar-refractivity contribution in [2.45, 2.75) is 140 Å². The summed E-state index contributed by atoms with van der Waals surface area (Å²) in [4.78, 5) is 22.6. The zero-order valence-corrected chi connectivity index (χ0v) is 33.2. The van der Waals surface area contributed by atoms with Crippen LogP contribution in [0.5, 0.6) is 0 Å². The highest BCUT2D eigenvalue weighted by Crippen LogP contribution is 2.39. The first-order valence-corrected chi connectivity index (χ1v) is 19.6. The van der Waals surface area contributed by atoms with Gasteiger partial charge in [-0.1, -0.05) is 64.0 Å². The minimum Gasteiger partial charge on any atom is -0.481 e. The molecule has 300 valence electrons. The van der Waals surface area contributed by atoms with Crippen molar-refractivity contribution in [3.63, 3.8) is 0 Å². The number of nitrogens with one attached hydrogen (secondary N) is 1. The van der Waals surface area contributed by atoms with Crippen molar-refractivity contribution in [3.8, 4) is 0 Å². The fraction of sp³-hybridized carbons (Fsp3) is 0.641. The molecular weight excluding hydrogens is 712 g/mol. The summed E-state index contributed by atoms with van der Waals surface area (Å²) in [5, 5.41) is 32.1. The number of ether oxygens (including phenoxy) is 3. The number of hydrogen-bond donors (Lipinski definition) is 4. The van der Waals surface area contributed by atoms with Crippen LogP contribution in [0.3, 0.4) is 0 Å². The summed E-state index contributed by atoms with van der Waals surface area (Å²) in [7, 11) is -2.85. The molecule has 0 aliphatic carbocycles. The molecule has 10 atom stereocenters. The van der Waals surface area contributed by atoms with Crippen LogP contribution in [0.15, 0.2) is 59.0 Å². The van der Waals surface area contributed by atoms with E-state index in [2.05, 4.69) is 4.72 Å². The summed E-state index contributed by atoms with van der Waals surface area (Å²) in [6, 6.07) is 1.02. The molecule has 0 amide bonds. The predicted octanol–water partition coefficient (Wildman–Crippen LogP) is 6.24. The van der Waals surface area contributed by atoms with Gasteiger partial charge in [-0.3, -0.25) is 9.59 Å². The largest absolute Gasteiger partial charge is 0.481 e. The summed E-state index contributed by atoms with van der Waals surface area (Å²) in [6.07, 6.45) is 8.46. The third-order valence-corrected chi connectivity index (χ3v) is 11.3. The van der Waals surface area contributed by atoms with Gasteiger partial charge in [0.05, 0.1) is 28.7 Å². The number of sulfonamides is 1. The number of epoxide rings is 1. The molecule has 4 N–H and O–H groups in total. The number of aliphatic hydroxyl groups is 2. The van der Waals surface area contributed by atoms with Crippen LogP contribution in [0.4, 0.5) is 8.78 Å². The lowest BCUT2D eigenvalue weighted by Crippen LogP contribution is -2.54. The Morgan fingerprint density at radius 2 is 1.70 bits per heavy atom. The van der Waals surface area contributed by atoms with E-state index in [-0.39, 0.29) is 36.7 Å². The molecule has 1 aliphatic heterocycles. The number of benzene rings is 1. The van der Waals surface area contributed by atoms with E-state index in [1.165, 1.54) is 19.9 Å². The van der Waals surface area contributed by atoms with Gasteiger partial charge in [0.15, 0.2) is 11.6 Å². The molecule has 0 radical (unpaired) electrons. The van der Waals surface area contributed by atoms with E-state index in [1.807, 2.05) is 40.7 Å². The van der Waals surface area contributed by atoms with E-state index >= 15 is 0 Å². The van der Waals surface area contributed by atoms with E-state index in [0.29, 0.717) is 31.7 Å². The molecule has 11 nitrogen and oxygen atoms in total. The van der Waals surface area contributed by atoms with Crippen molar-refractivity contribution < 1.29 is 56.3 Å². The van der Waals surface area contributed by atoms with Crippen molar-refractivity contribution in [2.24, 2.45) is 17.8 Å². The molecule has 53 heavy (non-hydrogen) atoms. The van der Waals surface area contributed by atoms with Crippen molar-refractivity contribution in [3.05, 3.63) is 65.8 Å². The van der Waals surface area contributed by atoms with Gasteiger partial charge in [-0.25, -0.2) is 21.9 Å². The molecule has 2 rings (SSSR count). The Kier molecular flexibility index (Phi) is 17.5. The summed E-state index contributed by atoms with van der Waals surface area (Å²) < 4.78 is 73.7. The number of carboxylic acid groups (broad SMARTS) is 1. The number of carboxylic acids is 1. The van der Waals surface area contributed by atoms with Crippen molar-refractivity contribution in [2.75, 3.05) is 7.11 Å². The van der Waals surface area contributed by atoms with E-state index in [9.17, 15) is 37.0 Å². The number of halogens is 2. The highest BCUT2D eigenvalue weighted by atomic mass is 32.2. The normalized spacial score (nSPS) is 22.4. The second-order valence-corrected chi connectivity index (χ2v) is 16.5. The van der Waals surface area contributed by atoms with Gasteiger partial charge in [-0.2, -0.15) is 0 Å². The first-order valence-electron chi connectivity index (χ1n) is 18.1. The van der Waals surface area contributed by atoms with E-state index < -0.39 is 74.0 Å². The Morgan fingerprint density at radius 1 is 1.04 bits per heavy atom. The molecule has 14 heteroatoms. The zero-order valence-electron chi connectivity index (χ0n) is 32.3. The number of rotatable bonds is 23. The second-order valence-electron chi connectivity index (χ2n) is 14.7. The number of hydrogen-bond acceptors (Lipinski definition) is 9. The number of esters is 1. The first kappa shape index (κ1) is 46.1. The van der Waals surface area contributed by atoms with Crippen LogP contribution >= 0.6 is 0 Å². The monoisotopic (exact) mass is 771 g/mol. The van der Waals surface area contributed by atoms with Gasteiger partial charge < -0.3 is 29.5 Å². The standard InChI is InChI=1S/C39H59F2NO10S/c1-10-28(22-34(44)45)18-20-38(7,46)33(51-27(6)43)17-14-25(4)21-24(3)13-12-19-39(8,47)37(36-35(52-36)26(5)32(11-2)50-9)42-53(48,49)29-15-16-30(40)31(41)23-29/h12-17,19,23,25-26,28,32-33,35-37,42,46-47H,10-11,18,20-22H2,1-9H3,(H,44,45). The van der Waals surface area contributed by atoms with Gasteiger partial charge >= 0.3 is 11.9 Å². The van der Waals surface area contributed by atoms with Crippen LogP contribution in [0.25, 0.3) is 0 Å². The van der Waals surface area contributed by atoms with Crippen molar-refractivity contribution in [1.82, 2.24) is 4.72 Å². The molecule has 1 saturated heterocycles. The van der Waals surface area contributed by atoms with Gasteiger partial charge in [-0.15, -0.1) is 0 Å². The Labute approximate surface area is 313 Å². The average Bonchev–Trinajstić information content (AvgIpc) is 3.85.